The van der Waals surface area contributed by atoms with Gasteiger partial charge in [0, 0.05) is 6.07 Å². The summed E-state index contributed by atoms with van der Waals surface area (Å²) < 4.78 is 3.15. The predicted molar refractivity (Wildman–Crippen MR) is 98.1 cm³/mol. The lowest BCUT2D eigenvalue weighted by atomic mass is 9.93. The van der Waals surface area contributed by atoms with Gasteiger partial charge in [-0.2, -0.15) is 5.10 Å². The van der Waals surface area contributed by atoms with E-state index in [9.17, 15) is 9.59 Å². The van der Waals surface area contributed by atoms with Crippen LogP contribution in [0.4, 0.5) is 0 Å². The van der Waals surface area contributed by atoms with Crippen molar-refractivity contribution in [2.75, 3.05) is 0 Å². The quantitative estimate of drug-likeness (QED) is 0.716. The molecule has 0 aliphatic heterocycles. The number of amides is 1. The number of nitrogens with one attached hydrogen (secondary N) is 1. The van der Waals surface area contributed by atoms with Gasteiger partial charge in [0.15, 0.2) is 0 Å². The molecule has 2 aromatic heterocycles. The van der Waals surface area contributed by atoms with Crippen molar-refractivity contribution < 1.29 is 4.79 Å². The standard InChI is InChI=1S/C19H20N6O2/c26-18-10-9-17(22-25(18)12-14-5-2-1-3-6-14)19(27)20-11-15-13-24(23-21-15)16-7-4-8-16/h1-3,5-6,9-10,13,16H,4,7-8,11-12H2,(H,20,27). The fourth-order valence-electron chi connectivity index (χ4n) is 2.93. The van der Waals surface area contributed by atoms with Gasteiger partial charge in [-0.25, -0.2) is 9.36 Å². The topological polar surface area (TPSA) is 94.7 Å². The molecule has 1 fully saturated rings. The van der Waals surface area contributed by atoms with Gasteiger partial charge >= 0.3 is 0 Å². The molecule has 1 aliphatic carbocycles. The number of rotatable bonds is 6. The van der Waals surface area contributed by atoms with E-state index in [-0.39, 0.29) is 23.7 Å². The molecule has 8 heteroatoms. The van der Waals surface area contributed by atoms with E-state index in [1.54, 1.807) is 0 Å². The molecule has 0 radical (unpaired) electrons. The van der Waals surface area contributed by atoms with Crippen molar-refractivity contribution >= 4 is 5.91 Å². The molecule has 3 aromatic rings. The highest BCUT2D eigenvalue weighted by Crippen LogP contribution is 2.30. The summed E-state index contributed by atoms with van der Waals surface area (Å²) in [6, 6.07) is 12.7. The van der Waals surface area contributed by atoms with Crippen molar-refractivity contribution in [3.63, 3.8) is 0 Å². The van der Waals surface area contributed by atoms with E-state index in [1.165, 1.54) is 23.2 Å². The molecule has 0 saturated heterocycles. The zero-order chi connectivity index (χ0) is 18.6. The lowest BCUT2D eigenvalue weighted by Gasteiger charge is -2.24. The van der Waals surface area contributed by atoms with E-state index in [1.807, 2.05) is 41.2 Å². The molecule has 2 heterocycles. The Kier molecular flexibility index (Phi) is 4.78. The van der Waals surface area contributed by atoms with Gasteiger partial charge in [0.1, 0.15) is 11.4 Å². The van der Waals surface area contributed by atoms with Gasteiger partial charge in [-0.3, -0.25) is 9.59 Å². The monoisotopic (exact) mass is 364 g/mol. The molecule has 0 spiro atoms. The van der Waals surface area contributed by atoms with Crippen LogP contribution in [0.25, 0.3) is 0 Å². The number of benzene rings is 1. The summed E-state index contributed by atoms with van der Waals surface area (Å²) in [4.78, 5) is 24.4. The number of carbonyl (C=O) groups is 1. The maximum Gasteiger partial charge on any atom is 0.272 e. The molecule has 1 N–H and O–H groups in total. The van der Waals surface area contributed by atoms with E-state index in [2.05, 4.69) is 20.7 Å². The van der Waals surface area contributed by atoms with Crippen LogP contribution in [-0.2, 0) is 13.1 Å². The third-order valence-electron chi connectivity index (χ3n) is 4.71. The van der Waals surface area contributed by atoms with Crippen LogP contribution in [0.15, 0.2) is 53.5 Å². The average molecular weight is 364 g/mol. The number of aromatic nitrogens is 5. The van der Waals surface area contributed by atoms with Gasteiger partial charge in [-0.15, -0.1) is 5.10 Å². The minimum absolute atomic E-state index is 0.192. The first-order chi connectivity index (χ1) is 13.2. The summed E-state index contributed by atoms with van der Waals surface area (Å²) in [5, 5.41) is 15.2. The van der Waals surface area contributed by atoms with Gasteiger partial charge in [-0.1, -0.05) is 35.5 Å². The minimum Gasteiger partial charge on any atom is -0.345 e. The maximum absolute atomic E-state index is 12.4. The third kappa shape index (κ3) is 3.94. The summed E-state index contributed by atoms with van der Waals surface area (Å²) in [6.07, 6.45) is 5.35. The second kappa shape index (κ2) is 7.53. The van der Waals surface area contributed by atoms with E-state index in [0.29, 0.717) is 18.3 Å². The molecule has 1 aliphatic rings. The average Bonchev–Trinajstić information content (AvgIpc) is 3.09. The van der Waals surface area contributed by atoms with E-state index in [0.717, 1.165) is 18.4 Å². The summed E-state index contributed by atoms with van der Waals surface area (Å²) in [5.41, 5.74) is 1.58. The van der Waals surface area contributed by atoms with Crippen LogP contribution in [0.2, 0.25) is 0 Å². The van der Waals surface area contributed by atoms with Gasteiger partial charge in [-0.05, 0) is 30.9 Å². The summed E-state index contributed by atoms with van der Waals surface area (Å²) in [5.74, 6) is -0.352. The molecule has 138 valence electrons. The largest absolute Gasteiger partial charge is 0.345 e. The lowest BCUT2D eigenvalue weighted by Crippen LogP contribution is -2.29. The molecular formula is C19H20N6O2. The highest BCUT2D eigenvalue weighted by molar-refractivity contribution is 5.91. The van der Waals surface area contributed by atoms with E-state index < -0.39 is 0 Å². The highest BCUT2D eigenvalue weighted by Gasteiger charge is 2.20. The van der Waals surface area contributed by atoms with Gasteiger partial charge in [0.25, 0.3) is 11.5 Å². The van der Waals surface area contributed by atoms with Crippen molar-refractivity contribution in [3.8, 4) is 0 Å². The minimum atomic E-state index is -0.352. The summed E-state index contributed by atoms with van der Waals surface area (Å²) in [6.45, 7) is 0.585. The maximum atomic E-state index is 12.4. The lowest BCUT2D eigenvalue weighted by molar-refractivity contribution is 0.0943. The normalized spacial score (nSPS) is 13.9. The Morgan fingerprint density at radius 1 is 1.15 bits per heavy atom. The third-order valence-corrected chi connectivity index (χ3v) is 4.71. The number of hydrogen-bond acceptors (Lipinski definition) is 5. The summed E-state index contributed by atoms with van der Waals surface area (Å²) in [7, 11) is 0. The second-order valence-electron chi connectivity index (χ2n) is 6.66. The molecule has 1 amide bonds. The van der Waals surface area contributed by atoms with E-state index in [4.69, 9.17) is 0 Å². The molecule has 8 nitrogen and oxygen atoms in total. The summed E-state index contributed by atoms with van der Waals surface area (Å²) >= 11 is 0. The van der Waals surface area contributed by atoms with Crippen LogP contribution in [0, 0.1) is 0 Å². The SMILES string of the molecule is O=C(NCc1cn(C2CCC2)nn1)c1ccc(=O)n(Cc2ccccc2)n1. The van der Waals surface area contributed by atoms with Crippen molar-refractivity contribution in [3.05, 3.63) is 76.0 Å². The van der Waals surface area contributed by atoms with E-state index >= 15 is 0 Å². The van der Waals surface area contributed by atoms with Gasteiger partial charge in [0.05, 0.1) is 25.3 Å². The fourth-order valence-corrected chi connectivity index (χ4v) is 2.93. The molecular weight excluding hydrogens is 344 g/mol. The first-order valence-corrected chi connectivity index (χ1v) is 9.00. The van der Waals surface area contributed by atoms with Gasteiger partial charge < -0.3 is 5.32 Å². The van der Waals surface area contributed by atoms with Crippen LogP contribution in [0.5, 0.6) is 0 Å². The van der Waals surface area contributed by atoms with Crippen LogP contribution in [0.1, 0.15) is 47.1 Å². The van der Waals surface area contributed by atoms with Crippen molar-refractivity contribution in [1.29, 1.82) is 0 Å². The van der Waals surface area contributed by atoms with Gasteiger partial charge in [0.2, 0.25) is 0 Å². The van der Waals surface area contributed by atoms with Crippen molar-refractivity contribution in [2.45, 2.75) is 38.4 Å². The number of hydrogen-bond donors (Lipinski definition) is 1. The Balaban J connectivity index is 1.41. The molecule has 27 heavy (non-hydrogen) atoms. The Hall–Kier alpha value is -3.29. The Labute approximate surface area is 155 Å². The van der Waals surface area contributed by atoms with Crippen LogP contribution >= 0.6 is 0 Å². The predicted octanol–water partition coefficient (Wildman–Crippen LogP) is 1.54. The Bertz CT molecular complexity index is 991. The van der Waals surface area contributed by atoms with Crippen molar-refractivity contribution in [2.24, 2.45) is 0 Å². The molecule has 1 aromatic carbocycles. The van der Waals surface area contributed by atoms with Crippen molar-refractivity contribution in [1.82, 2.24) is 30.1 Å². The number of nitrogens with zero attached hydrogens (tertiary/aromatic N) is 5. The first kappa shape index (κ1) is 17.1. The fraction of sp³-hybridized carbons (Fsp3) is 0.316. The molecule has 0 unspecified atom stereocenters. The molecule has 0 bridgehead atoms. The van der Waals surface area contributed by atoms with Crippen LogP contribution in [-0.4, -0.2) is 30.7 Å². The Morgan fingerprint density at radius 2 is 1.96 bits per heavy atom. The zero-order valence-electron chi connectivity index (χ0n) is 14.8. The molecule has 1 saturated carbocycles. The smallest absolute Gasteiger partial charge is 0.272 e. The first-order valence-electron chi connectivity index (χ1n) is 9.00. The van der Waals surface area contributed by atoms with Crippen LogP contribution < -0.4 is 10.9 Å². The zero-order valence-corrected chi connectivity index (χ0v) is 14.8. The highest BCUT2D eigenvalue weighted by atomic mass is 16.2. The second-order valence-corrected chi connectivity index (χ2v) is 6.66. The van der Waals surface area contributed by atoms with Crippen LogP contribution in [0.3, 0.4) is 0 Å². The Morgan fingerprint density at radius 3 is 2.70 bits per heavy atom. The molecule has 4 rings (SSSR count). The molecule has 0 atom stereocenters. The number of carbonyl (C=O) groups excluding carboxylic acids is 1.